The number of azo groups is 1. The average molecular weight is 678 g/mol. The molecule has 2 heterocycles. The number of hydrogen-bond donors (Lipinski definition) is 0. The summed E-state index contributed by atoms with van der Waals surface area (Å²) in [5.41, 5.74) is 0.883. The summed E-state index contributed by atoms with van der Waals surface area (Å²) >= 11 is 2.62. The maximum Gasteiger partial charge on any atom is 0.345 e. The van der Waals surface area contributed by atoms with Crippen LogP contribution in [-0.2, 0) is 33.3 Å². The van der Waals surface area contributed by atoms with Crippen molar-refractivity contribution in [3.63, 3.8) is 0 Å². The van der Waals surface area contributed by atoms with Gasteiger partial charge in [0.25, 0.3) is 0 Å². The molecule has 0 N–H and O–H groups in total. The molecule has 0 aliphatic heterocycles. The van der Waals surface area contributed by atoms with Crippen LogP contribution in [0.4, 0.5) is 10.8 Å². The number of carbonyl (C=O) groups is 4. The summed E-state index contributed by atoms with van der Waals surface area (Å²) < 4.78 is 21.5. The number of aromatic nitrogens is 1. The predicted molar refractivity (Wildman–Crippen MR) is 179 cm³/mol. The number of rotatable bonds is 12. The van der Waals surface area contributed by atoms with Crippen LogP contribution in [0.2, 0.25) is 0 Å². The Kier molecular flexibility index (Phi) is 11.4. The maximum atomic E-state index is 13.1. The van der Waals surface area contributed by atoms with Gasteiger partial charge in [0.2, 0.25) is 5.13 Å². The van der Waals surface area contributed by atoms with Gasteiger partial charge in [-0.25, -0.2) is 19.4 Å². The number of methoxy groups -OCH3 is 2. The van der Waals surface area contributed by atoms with Crippen LogP contribution >= 0.6 is 22.7 Å². The Morgan fingerprint density at radius 2 is 1.66 bits per heavy atom. The molecule has 2 aromatic heterocycles. The SMILES string of the molecule is CCCCCOC(=O)C1CCC(OC(=O)/C(=C/c2cc3sc(N=Nc4ccc5cc(C(=O)OC)ccc5c4)nc3s2)C(=O)OC)CC1. The van der Waals surface area contributed by atoms with Crippen molar-refractivity contribution >= 4 is 83.7 Å². The lowest BCUT2D eigenvalue weighted by atomic mass is 9.87. The van der Waals surface area contributed by atoms with E-state index in [0.717, 1.165) is 34.7 Å². The van der Waals surface area contributed by atoms with E-state index in [0.29, 0.717) is 58.4 Å². The molecule has 0 unspecified atom stereocenters. The number of benzene rings is 2. The Balaban J connectivity index is 1.21. The highest BCUT2D eigenvalue weighted by Crippen LogP contribution is 2.36. The third-order valence-electron chi connectivity index (χ3n) is 7.78. The second-order valence-electron chi connectivity index (χ2n) is 11.1. The average Bonchev–Trinajstić information content (AvgIpc) is 3.65. The largest absolute Gasteiger partial charge is 0.465 e. The van der Waals surface area contributed by atoms with Crippen LogP contribution in [0.15, 0.2) is 58.3 Å². The molecule has 2 aromatic carbocycles. The molecule has 0 radical (unpaired) electrons. The Labute approximate surface area is 279 Å². The zero-order valence-electron chi connectivity index (χ0n) is 26.4. The molecule has 1 aliphatic carbocycles. The van der Waals surface area contributed by atoms with Crippen LogP contribution in [0.5, 0.6) is 0 Å². The van der Waals surface area contributed by atoms with Gasteiger partial charge in [0.15, 0.2) is 0 Å². The fourth-order valence-electron chi connectivity index (χ4n) is 5.22. The zero-order valence-corrected chi connectivity index (χ0v) is 28.0. The van der Waals surface area contributed by atoms with E-state index in [1.54, 1.807) is 18.2 Å². The highest BCUT2D eigenvalue weighted by atomic mass is 32.1. The lowest BCUT2D eigenvalue weighted by molar-refractivity contribution is -0.153. The van der Waals surface area contributed by atoms with Gasteiger partial charge in [-0.05, 0) is 79.3 Å². The Morgan fingerprint density at radius 3 is 2.38 bits per heavy atom. The lowest BCUT2D eigenvalue weighted by Gasteiger charge is -2.27. The molecule has 13 heteroatoms. The maximum absolute atomic E-state index is 13.1. The van der Waals surface area contributed by atoms with Gasteiger partial charge < -0.3 is 18.9 Å². The summed E-state index contributed by atoms with van der Waals surface area (Å²) in [5.74, 6) is -2.35. The molecular formula is C34H35N3O8S2. The molecule has 0 saturated heterocycles. The first kappa shape index (κ1) is 33.9. The van der Waals surface area contributed by atoms with E-state index in [4.69, 9.17) is 18.9 Å². The van der Waals surface area contributed by atoms with Crippen molar-refractivity contribution in [3.8, 4) is 0 Å². The van der Waals surface area contributed by atoms with E-state index in [-0.39, 0.29) is 17.5 Å². The van der Waals surface area contributed by atoms with Crippen LogP contribution in [0.3, 0.4) is 0 Å². The fourth-order valence-corrected chi connectivity index (χ4v) is 7.21. The van der Waals surface area contributed by atoms with Crippen molar-refractivity contribution in [2.45, 2.75) is 58.0 Å². The molecule has 47 heavy (non-hydrogen) atoms. The van der Waals surface area contributed by atoms with Crippen LogP contribution in [0, 0.1) is 5.92 Å². The van der Waals surface area contributed by atoms with Gasteiger partial charge in [0.05, 0.1) is 42.7 Å². The summed E-state index contributed by atoms with van der Waals surface area (Å²) in [6, 6.07) is 12.6. The number of unbranched alkanes of at least 4 members (excludes halogenated alkanes) is 2. The monoisotopic (exact) mass is 677 g/mol. The number of fused-ring (bicyclic) bond motifs is 2. The van der Waals surface area contributed by atoms with Gasteiger partial charge in [0, 0.05) is 4.88 Å². The first-order valence-corrected chi connectivity index (χ1v) is 17.0. The number of ether oxygens (including phenoxy) is 4. The van der Waals surface area contributed by atoms with Crippen molar-refractivity contribution in [2.24, 2.45) is 16.1 Å². The fraction of sp³-hybridized carbons (Fsp3) is 0.382. The van der Waals surface area contributed by atoms with Gasteiger partial charge in [-0.3, -0.25) is 4.79 Å². The van der Waals surface area contributed by atoms with Crippen molar-refractivity contribution < 1.29 is 38.1 Å². The highest BCUT2D eigenvalue weighted by molar-refractivity contribution is 7.29. The summed E-state index contributed by atoms with van der Waals surface area (Å²) in [6.45, 7) is 2.53. The van der Waals surface area contributed by atoms with Gasteiger partial charge >= 0.3 is 23.9 Å². The predicted octanol–water partition coefficient (Wildman–Crippen LogP) is 8.10. The molecule has 0 amide bonds. The van der Waals surface area contributed by atoms with Gasteiger partial charge in [-0.1, -0.05) is 43.2 Å². The molecule has 246 valence electrons. The smallest absolute Gasteiger partial charge is 0.345 e. The van der Waals surface area contributed by atoms with Gasteiger partial charge in [-0.15, -0.1) is 21.6 Å². The minimum Gasteiger partial charge on any atom is -0.465 e. The molecule has 0 spiro atoms. The Bertz CT molecular complexity index is 1800. The van der Waals surface area contributed by atoms with Gasteiger partial charge in [-0.2, -0.15) is 0 Å². The molecule has 0 atom stereocenters. The van der Waals surface area contributed by atoms with Crippen molar-refractivity contribution in [1.82, 2.24) is 4.98 Å². The lowest BCUT2D eigenvalue weighted by Crippen LogP contribution is -2.30. The topological polar surface area (TPSA) is 143 Å². The van der Waals surface area contributed by atoms with Crippen LogP contribution < -0.4 is 0 Å². The van der Waals surface area contributed by atoms with E-state index in [1.165, 1.54) is 43.0 Å². The molecule has 0 bridgehead atoms. The normalized spacial score (nSPS) is 16.8. The van der Waals surface area contributed by atoms with Crippen LogP contribution in [0.1, 0.15) is 67.1 Å². The highest BCUT2D eigenvalue weighted by Gasteiger charge is 2.31. The van der Waals surface area contributed by atoms with E-state index >= 15 is 0 Å². The Hall–Kier alpha value is -4.49. The number of thiophene rings is 1. The zero-order chi connectivity index (χ0) is 33.3. The number of hydrogen-bond acceptors (Lipinski definition) is 13. The minimum atomic E-state index is -0.796. The standard InChI is InChI=1S/C34H35N3O8S2/c1-4-5-6-15-44-31(39)20-10-13-25(14-11-20)45-33(41)27(32(40)43-3)18-26-19-28-29(46-26)35-34(47-28)37-36-24-12-9-21-16-23(30(38)42-2)8-7-22(21)17-24/h7-9,12,16-20,25H,4-6,10-11,13-15H2,1-3H3/b27-18+,37-36?. The number of carbonyl (C=O) groups excluding carboxylic acids is 4. The Morgan fingerprint density at radius 1 is 0.894 bits per heavy atom. The van der Waals surface area contributed by atoms with E-state index in [1.807, 2.05) is 24.3 Å². The van der Waals surface area contributed by atoms with Crippen molar-refractivity contribution in [3.05, 3.63) is 58.5 Å². The minimum absolute atomic E-state index is 0.192. The summed E-state index contributed by atoms with van der Waals surface area (Å²) in [7, 11) is 2.56. The summed E-state index contributed by atoms with van der Waals surface area (Å²) in [5, 5.41) is 10.8. The summed E-state index contributed by atoms with van der Waals surface area (Å²) in [4.78, 5) is 55.6. The summed E-state index contributed by atoms with van der Waals surface area (Å²) in [6.07, 6.45) is 6.15. The second kappa shape index (κ2) is 15.9. The number of esters is 4. The van der Waals surface area contributed by atoms with Crippen LogP contribution in [-0.4, -0.2) is 55.8 Å². The van der Waals surface area contributed by atoms with Crippen molar-refractivity contribution in [2.75, 3.05) is 20.8 Å². The molecule has 1 saturated carbocycles. The third kappa shape index (κ3) is 8.66. The van der Waals surface area contributed by atoms with E-state index in [2.05, 4.69) is 22.1 Å². The second-order valence-corrected chi connectivity index (χ2v) is 13.1. The molecule has 1 aliphatic rings. The first-order chi connectivity index (χ1) is 22.8. The third-order valence-corrected chi connectivity index (χ3v) is 9.77. The molecular weight excluding hydrogens is 643 g/mol. The molecule has 4 aromatic rings. The molecule has 11 nitrogen and oxygen atoms in total. The van der Waals surface area contributed by atoms with Crippen LogP contribution in [0.25, 0.3) is 26.4 Å². The number of thiazole rings is 1. The first-order valence-electron chi connectivity index (χ1n) is 15.4. The van der Waals surface area contributed by atoms with Gasteiger partial charge in [0.1, 0.15) is 16.5 Å². The molecule has 1 fully saturated rings. The van der Waals surface area contributed by atoms with Crippen molar-refractivity contribution in [1.29, 1.82) is 0 Å². The quantitative estimate of drug-likeness (QED) is 0.0276. The van der Waals surface area contributed by atoms with E-state index < -0.39 is 24.0 Å². The van der Waals surface area contributed by atoms with E-state index in [9.17, 15) is 19.2 Å². The molecule has 5 rings (SSSR count). The number of nitrogens with zero attached hydrogens (tertiary/aromatic N) is 3.